The highest BCUT2D eigenvalue weighted by Crippen LogP contribution is 2.26. The Hall–Kier alpha value is -1.57. The van der Waals surface area contributed by atoms with Gasteiger partial charge in [0.05, 0.1) is 23.4 Å². The number of anilines is 2. The van der Waals surface area contributed by atoms with Crippen LogP contribution in [0.5, 0.6) is 0 Å². The smallest absolute Gasteiger partial charge is 0.229 e. The molecule has 1 heterocycles. The molecule has 5 nitrogen and oxygen atoms in total. The van der Waals surface area contributed by atoms with Crippen LogP contribution in [0.2, 0.25) is 5.02 Å². The van der Waals surface area contributed by atoms with Crippen molar-refractivity contribution < 1.29 is 13.2 Å². The molecule has 0 spiro atoms. The minimum atomic E-state index is -3.39. The zero-order valence-corrected chi connectivity index (χ0v) is 13.5. The molecule has 0 saturated carbocycles. The van der Waals surface area contributed by atoms with E-state index in [1.807, 2.05) is 17.5 Å². The minimum Gasteiger partial charge on any atom is -0.326 e. The van der Waals surface area contributed by atoms with Crippen LogP contribution < -0.4 is 10.0 Å². The van der Waals surface area contributed by atoms with Crippen molar-refractivity contribution in [2.45, 2.75) is 6.42 Å². The van der Waals surface area contributed by atoms with Crippen molar-refractivity contribution in [3.8, 4) is 0 Å². The van der Waals surface area contributed by atoms with Gasteiger partial charge in [0.1, 0.15) is 0 Å². The topological polar surface area (TPSA) is 75.3 Å². The van der Waals surface area contributed by atoms with Crippen molar-refractivity contribution in [3.05, 3.63) is 45.6 Å². The summed E-state index contributed by atoms with van der Waals surface area (Å²) in [6.45, 7) is 0. The van der Waals surface area contributed by atoms with E-state index in [9.17, 15) is 13.2 Å². The first-order chi connectivity index (χ1) is 9.83. The lowest BCUT2D eigenvalue weighted by Crippen LogP contribution is -2.14. The lowest BCUT2D eigenvalue weighted by Gasteiger charge is -2.09. The van der Waals surface area contributed by atoms with E-state index in [-0.39, 0.29) is 16.6 Å². The minimum absolute atomic E-state index is 0.155. The zero-order valence-electron chi connectivity index (χ0n) is 11.1. The third-order valence-corrected chi connectivity index (χ3v) is 4.24. The molecule has 1 amide bonds. The lowest BCUT2D eigenvalue weighted by molar-refractivity contribution is -0.115. The summed E-state index contributed by atoms with van der Waals surface area (Å²) in [7, 11) is -3.39. The Kier molecular flexibility index (Phi) is 4.87. The maximum Gasteiger partial charge on any atom is 0.229 e. The average Bonchev–Trinajstić information content (AvgIpc) is 2.84. The number of rotatable bonds is 5. The first-order valence-corrected chi connectivity index (χ1v) is 9.08. The van der Waals surface area contributed by atoms with Gasteiger partial charge in [0.2, 0.25) is 15.9 Å². The van der Waals surface area contributed by atoms with Crippen LogP contribution in [-0.2, 0) is 21.2 Å². The maximum atomic E-state index is 11.8. The van der Waals surface area contributed by atoms with Gasteiger partial charge in [0.15, 0.2) is 0 Å². The van der Waals surface area contributed by atoms with Gasteiger partial charge in [0.25, 0.3) is 0 Å². The Morgan fingerprint density at radius 1 is 1.33 bits per heavy atom. The van der Waals surface area contributed by atoms with Crippen LogP contribution in [0.4, 0.5) is 11.4 Å². The summed E-state index contributed by atoms with van der Waals surface area (Å²) in [5, 5.41) is 4.84. The summed E-state index contributed by atoms with van der Waals surface area (Å²) in [5.74, 6) is -0.155. The third kappa shape index (κ3) is 5.04. The second kappa shape index (κ2) is 6.46. The van der Waals surface area contributed by atoms with Crippen molar-refractivity contribution in [2.75, 3.05) is 16.3 Å². The van der Waals surface area contributed by atoms with Crippen molar-refractivity contribution in [2.24, 2.45) is 0 Å². The molecule has 0 atom stereocenters. The van der Waals surface area contributed by atoms with E-state index >= 15 is 0 Å². The number of carbonyl (C=O) groups excluding carboxylic acids is 1. The van der Waals surface area contributed by atoms with Crippen LogP contribution in [0.3, 0.4) is 0 Å². The molecule has 0 aliphatic heterocycles. The Balaban J connectivity index is 2.04. The fourth-order valence-corrected chi connectivity index (χ4v) is 3.22. The van der Waals surface area contributed by atoms with Gasteiger partial charge in [-0.05, 0) is 29.6 Å². The summed E-state index contributed by atoms with van der Waals surface area (Å²) < 4.78 is 24.6. The molecule has 112 valence electrons. The van der Waals surface area contributed by atoms with Crippen molar-refractivity contribution in [1.82, 2.24) is 0 Å². The molecule has 0 aliphatic rings. The zero-order chi connectivity index (χ0) is 15.5. The Morgan fingerprint density at radius 3 is 2.67 bits per heavy atom. The second-order valence-corrected chi connectivity index (χ2v) is 7.56. The molecule has 0 aliphatic carbocycles. The molecule has 1 aromatic carbocycles. The SMILES string of the molecule is CS(=O)(=O)Nc1ccc(NC(=O)Cc2cccs2)cc1Cl. The third-order valence-electron chi connectivity index (χ3n) is 2.46. The predicted molar refractivity (Wildman–Crippen MR) is 86.6 cm³/mol. The average molecular weight is 345 g/mol. The number of nitrogens with one attached hydrogen (secondary N) is 2. The highest BCUT2D eigenvalue weighted by atomic mass is 35.5. The van der Waals surface area contributed by atoms with Gasteiger partial charge in [-0.3, -0.25) is 9.52 Å². The molecule has 2 N–H and O–H groups in total. The van der Waals surface area contributed by atoms with Gasteiger partial charge in [-0.15, -0.1) is 11.3 Å². The van der Waals surface area contributed by atoms with E-state index in [0.29, 0.717) is 12.1 Å². The van der Waals surface area contributed by atoms with E-state index < -0.39 is 10.0 Å². The number of thiophene rings is 1. The molecule has 2 aromatic rings. The van der Waals surface area contributed by atoms with Gasteiger partial charge in [-0.2, -0.15) is 0 Å². The molecule has 0 saturated heterocycles. The van der Waals surface area contributed by atoms with Crippen molar-refractivity contribution in [1.29, 1.82) is 0 Å². The Labute approximate surface area is 132 Å². The molecule has 0 fully saturated rings. The van der Waals surface area contributed by atoms with Gasteiger partial charge >= 0.3 is 0 Å². The standard InChI is InChI=1S/C13H13ClN2O3S2/c1-21(18,19)16-12-5-4-9(7-11(12)14)15-13(17)8-10-3-2-6-20-10/h2-7,16H,8H2,1H3,(H,15,17). The highest BCUT2D eigenvalue weighted by molar-refractivity contribution is 7.92. The van der Waals surface area contributed by atoms with Crippen LogP contribution >= 0.6 is 22.9 Å². The molecule has 0 radical (unpaired) electrons. The molecular weight excluding hydrogens is 332 g/mol. The predicted octanol–water partition coefficient (Wildman–Crippen LogP) is 2.95. The molecule has 2 rings (SSSR count). The van der Waals surface area contributed by atoms with Crippen LogP contribution in [0.15, 0.2) is 35.7 Å². The Morgan fingerprint density at radius 2 is 2.10 bits per heavy atom. The number of halogens is 1. The summed E-state index contributed by atoms with van der Waals surface area (Å²) in [6, 6.07) is 8.36. The van der Waals surface area contributed by atoms with Gasteiger partial charge in [-0.1, -0.05) is 17.7 Å². The fourth-order valence-electron chi connectivity index (χ4n) is 1.65. The van der Waals surface area contributed by atoms with Crippen LogP contribution in [0.1, 0.15) is 4.88 Å². The Bertz CT molecular complexity index is 743. The largest absolute Gasteiger partial charge is 0.326 e. The van der Waals surface area contributed by atoms with Crippen LogP contribution in [-0.4, -0.2) is 20.6 Å². The lowest BCUT2D eigenvalue weighted by atomic mass is 10.2. The normalized spacial score (nSPS) is 11.1. The van der Waals surface area contributed by atoms with Gasteiger partial charge in [0, 0.05) is 10.6 Å². The molecule has 0 bridgehead atoms. The summed E-state index contributed by atoms with van der Waals surface area (Å²) >= 11 is 7.50. The van der Waals surface area contributed by atoms with E-state index in [1.165, 1.54) is 23.5 Å². The first-order valence-electron chi connectivity index (χ1n) is 5.93. The number of hydrogen-bond acceptors (Lipinski definition) is 4. The van der Waals surface area contributed by atoms with Crippen LogP contribution in [0, 0.1) is 0 Å². The molecule has 1 aromatic heterocycles. The van der Waals surface area contributed by atoms with E-state index in [4.69, 9.17) is 11.6 Å². The monoisotopic (exact) mass is 344 g/mol. The summed E-state index contributed by atoms with van der Waals surface area (Å²) in [5.41, 5.74) is 0.788. The number of amides is 1. The fraction of sp³-hybridized carbons (Fsp3) is 0.154. The van der Waals surface area contributed by atoms with Crippen molar-refractivity contribution in [3.63, 3.8) is 0 Å². The van der Waals surface area contributed by atoms with E-state index in [0.717, 1.165) is 11.1 Å². The first kappa shape index (κ1) is 15.8. The second-order valence-electron chi connectivity index (χ2n) is 4.37. The van der Waals surface area contributed by atoms with E-state index in [2.05, 4.69) is 10.0 Å². The van der Waals surface area contributed by atoms with Crippen molar-refractivity contribution >= 4 is 50.2 Å². The number of carbonyl (C=O) groups is 1. The number of benzene rings is 1. The maximum absolute atomic E-state index is 11.8. The van der Waals surface area contributed by atoms with Gasteiger partial charge in [-0.25, -0.2) is 8.42 Å². The molecule has 8 heteroatoms. The quantitative estimate of drug-likeness (QED) is 0.875. The number of hydrogen-bond donors (Lipinski definition) is 2. The van der Waals surface area contributed by atoms with E-state index in [1.54, 1.807) is 6.07 Å². The summed E-state index contributed by atoms with van der Waals surface area (Å²) in [6.07, 6.45) is 1.33. The molecular formula is C13H13ClN2O3S2. The number of sulfonamides is 1. The highest BCUT2D eigenvalue weighted by Gasteiger charge is 2.09. The van der Waals surface area contributed by atoms with Gasteiger partial charge < -0.3 is 5.32 Å². The summed E-state index contributed by atoms with van der Waals surface area (Å²) in [4.78, 5) is 12.8. The van der Waals surface area contributed by atoms with Crippen LogP contribution in [0.25, 0.3) is 0 Å². The molecule has 0 unspecified atom stereocenters. The molecule has 21 heavy (non-hydrogen) atoms.